The van der Waals surface area contributed by atoms with Gasteiger partial charge in [0, 0.05) is 12.1 Å². The number of nitrogens with zero attached hydrogens (tertiary/aromatic N) is 3. The Kier molecular flexibility index (Phi) is 3.78. The van der Waals surface area contributed by atoms with Crippen LogP contribution in [-0.4, -0.2) is 14.9 Å². The van der Waals surface area contributed by atoms with Crippen LogP contribution in [0.15, 0.2) is 45.0 Å². The number of rotatable bonds is 3. The highest BCUT2D eigenvalue weighted by Crippen LogP contribution is 2.33. The average molecular weight is 327 g/mol. The molecule has 0 aliphatic heterocycles. The van der Waals surface area contributed by atoms with Gasteiger partial charge in [0.1, 0.15) is 10.4 Å². The molecule has 0 unspecified atom stereocenters. The van der Waals surface area contributed by atoms with Crippen LogP contribution in [0.2, 0.25) is 0 Å². The molecule has 2 aromatic rings. The van der Waals surface area contributed by atoms with Gasteiger partial charge in [0.05, 0.1) is 9.82 Å². The van der Waals surface area contributed by atoms with Gasteiger partial charge in [-0.25, -0.2) is 9.97 Å². The Labute approximate surface area is 115 Å². The van der Waals surface area contributed by atoms with Crippen molar-refractivity contribution in [2.24, 2.45) is 0 Å². The van der Waals surface area contributed by atoms with Crippen LogP contribution in [0.3, 0.4) is 0 Å². The minimum Gasteiger partial charge on any atom is -0.384 e. The Bertz CT molecular complexity index is 588. The lowest BCUT2D eigenvalue weighted by atomic mass is 10.3. The zero-order valence-corrected chi connectivity index (χ0v) is 11.3. The third kappa shape index (κ3) is 2.96. The van der Waals surface area contributed by atoms with Crippen molar-refractivity contribution in [1.82, 2.24) is 9.97 Å². The maximum atomic E-state index is 10.9. The molecule has 6 nitrogen and oxygen atoms in total. The van der Waals surface area contributed by atoms with E-state index < -0.39 is 4.92 Å². The summed E-state index contributed by atoms with van der Waals surface area (Å²) in [6, 6.07) is 7.96. The molecule has 0 saturated carbocycles. The summed E-state index contributed by atoms with van der Waals surface area (Å²) in [5.41, 5.74) is 5.60. The molecule has 0 bridgehead atoms. The van der Waals surface area contributed by atoms with Crippen molar-refractivity contribution in [2.45, 2.75) is 10.1 Å². The summed E-state index contributed by atoms with van der Waals surface area (Å²) >= 11 is 4.29. The molecule has 0 aliphatic carbocycles. The molecule has 1 heterocycles. The van der Waals surface area contributed by atoms with Crippen LogP contribution in [0.5, 0.6) is 0 Å². The summed E-state index contributed by atoms with van der Waals surface area (Å²) in [6.45, 7) is 0. The highest BCUT2D eigenvalue weighted by atomic mass is 79.9. The molecular weight excluding hydrogens is 320 g/mol. The smallest absolute Gasteiger partial charge is 0.283 e. The van der Waals surface area contributed by atoms with Gasteiger partial charge in [-0.15, -0.1) is 0 Å². The van der Waals surface area contributed by atoms with Crippen molar-refractivity contribution in [1.29, 1.82) is 0 Å². The monoisotopic (exact) mass is 326 g/mol. The second kappa shape index (κ2) is 5.32. The number of halogens is 1. The number of benzene rings is 1. The fraction of sp³-hybridized carbons (Fsp3) is 0. The van der Waals surface area contributed by atoms with Crippen LogP contribution in [0.4, 0.5) is 11.5 Å². The van der Waals surface area contributed by atoms with E-state index in [1.807, 2.05) is 0 Å². The molecule has 0 spiro atoms. The number of hydrogen-bond donors (Lipinski definition) is 1. The van der Waals surface area contributed by atoms with Gasteiger partial charge in [0.15, 0.2) is 5.16 Å². The van der Waals surface area contributed by atoms with Crippen molar-refractivity contribution in [3.63, 3.8) is 0 Å². The van der Waals surface area contributed by atoms with E-state index in [1.54, 1.807) is 24.3 Å². The van der Waals surface area contributed by atoms with Crippen molar-refractivity contribution >= 4 is 39.2 Å². The SMILES string of the molecule is Nc1cc(Br)nc(Sc2ccccc2[N+](=O)[O-])n1. The molecule has 0 aliphatic rings. The number of anilines is 1. The van der Waals surface area contributed by atoms with Gasteiger partial charge in [-0.05, 0) is 33.8 Å². The van der Waals surface area contributed by atoms with Crippen LogP contribution in [0.1, 0.15) is 0 Å². The molecule has 1 aromatic carbocycles. The van der Waals surface area contributed by atoms with Gasteiger partial charge in [-0.3, -0.25) is 10.1 Å². The molecule has 0 radical (unpaired) electrons. The molecule has 0 amide bonds. The number of hydrogen-bond acceptors (Lipinski definition) is 6. The normalized spacial score (nSPS) is 10.3. The van der Waals surface area contributed by atoms with Crippen molar-refractivity contribution in [2.75, 3.05) is 5.73 Å². The fourth-order valence-corrected chi connectivity index (χ4v) is 2.66. The number of nitrogen functional groups attached to an aromatic ring is 1. The number of nitro benzene ring substituents is 1. The molecule has 1 aromatic heterocycles. The van der Waals surface area contributed by atoms with E-state index in [-0.39, 0.29) is 5.69 Å². The zero-order chi connectivity index (χ0) is 13.1. The molecular formula is C10H7BrN4O2S. The zero-order valence-electron chi connectivity index (χ0n) is 8.91. The minimum absolute atomic E-state index is 0.0182. The van der Waals surface area contributed by atoms with Gasteiger partial charge in [-0.1, -0.05) is 12.1 Å². The van der Waals surface area contributed by atoms with Crippen LogP contribution in [0, 0.1) is 10.1 Å². The first-order valence-corrected chi connectivity index (χ1v) is 6.38. The van der Waals surface area contributed by atoms with E-state index in [0.29, 0.717) is 20.5 Å². The Morgan fingerprint density at radius 1 is 1.33 bits per heavy atom. The van der Waals surface area contributed by atoms with E-state index in [4.69, 9.17) is 5.73 Å². The van der Waals surface area contributed by atoms with E-state index in [2.05, 4.69) is 25.9 Å². The maximum Gasteiger partial charge on any atom is 0.283 e. The molecule has 92 valence electrons. The lowest BCUT2D eigenvalue weighted by Gasteiger charge is -2.02. The van der Waals surface area contributed by atoms with Gasteiger partial charge in [-0.2, -0.15) is 0 Å². The van der Waals surface area contributed by atoms with E-state index in [0.717, 1.165) is 11.8 Å². The summed E-state index contributed by atoms with van der Waals surface area (Å²) in [5, 5.41) is 11.2. The molecule has 2 N–H and O–H groups in total. The Balaban J connectivity index is 2.37. The van der Waals surface area contributed by atoms with Crippen LogP contribution in [0.25, 0.3) is 0 Å². The van der Waals surface area contributed by atoms with Crippen molar-refractivity contribution < 1.29 is 4.92 Å². The first kappa shape index (κ1) is 12.8. The molecule has 0 atom stereocenters. The standard InChI is InChI=1S/C10H7BrN4O2S/c11-8-5-9(12)14-10(13-8)18-7-4-2-1-3-6(7)15(16)17/h1-5H,(H2,12,13,14). The topological polar surface area (TPSA) is 94.9 Å². The third-order valence-electron chi connectivity index (χ3n) is 1.96. The lowest BCUT2D eigenvalue weighted by Crippen LogP contribution is -1.96. The number of para-hydroxylation sites is 1. The molecule has 2 rings (SSSR count). The predicted octanol–water partition coefficient (Wildman–Crippen LogP) is 2.88. The predicted molar refractivity (Wildman–Crippen MR) is 71.4 cm³/mol. The first-order valence-electron chi connectivity index (χ1n) is 4.77. The highest BCUT2D eigenvalue weighted by molar-refractivity contribution is 9.10. The number of aromatic nitrogens is 2. The highest BCUT2D eigenvalue weighted by Gasteiger charge is 2.15. The molecule has 0 saturated heterocycles. The summed E-state index contributed by atoms with van der Waals surface area (Å²) in [5.74, 6) is 0.304. The first-order chi connectivity index (χ1) is 8.56. The van der Waals surface area contributed by atoms with Crippen LogP contribution < -0.4 is 5.73 Å². The summed E-state index contributed by atoms with van der Waals surface area (Å²) in [7, 11) is 0. The average Bonchev–Trinajstić information content (AvgIpc) is 2.27. The summed E-state index contributed by atoms with van der Waals surface area (Å²) < 4.78 is 0.538. The van der Waals surface area contributed by atoms with E-state index in [9.17, 15) is 10.1 Å². The number of nitrogens with two attached hydrogens (primary N) is 1. The van der Waals surface area contributed by atoms with Crippen LogP contribution in [-0.2, 0) is 0 Å². The largest absolute Gasteiger partial charge is 0.384 e. The van der Waals surface area contributed by atoms with Gasteiger partial charge >= 0.3 is 0 Å². The van der Waals surface area contributed by atoms with E-state index in [1.165, 1.54) is 6.07 Å². The minimum atomic E-state index is -0.441. The molecule has 18 heavy (non-hydrogen) atoms. The second-order valence-corrected chi connectivity index (χ2v) is 5.05. The molecule has 8 heteroatoms. The lowest BCUT2D eigenvalue weighted by molar-refractivity contribution is -0.387. The summed E-state index contributed by atoms with van der Waals surface area (Å²) in [4.78, 5) is 19.0. The molecule has 0 fully saturated rings. The van der Waals surface area contributed by atoms with Gasteiger partial charge < -0.3 is 5.73 Å². The maximum absolute atomic E-state index is 10.9. The van der Waals surface area contributed by atoms with Crippen molar-refractivity contribution in [3.05, 3.63) is 45.0 Å². The third-order valence-corrected chi connectivity index (χ3v) is 3.29. The quantitative estimate of drug-likeness (QED) is 0.403. The summed E-state index contributed by atoms with van der Waals surface area (Å²) in [6.07, 6.45) is 0. The van der Waals surface area contributed by atoms with Crippen molar-refractivity contribution in [3.8, 4) is 0 Å². The fourth-order valence-electron chi connectivity index (χ4n) is 1.25. The van der Waals surface area contributed by atoms with Gasteiger partial charge in [0.2, 0.25) is 0 Å². The van der Waals surface area contributed by atoms with Crippen LogP contribution >= 0.6 is 27.7 Å². The Morgan fingerprint density at radius 2 is 2.06 bits per heavy atom. The van der Waals surface area contributed by atoms with Gasteiger partial charge in [0.25, 0.3) is 5.69 Å². The van der Waals surface area contributed by atoms with E-state index >= 15 is 0 Å². The number of nitro groups is 1. The Morgan fingerprint density at radius 3 is 2.72 bits per heavy atom. The second-order valence-electron chi connectivity index (χ2n) is 3.23. The Hall–Kier alpha value is -1.67.